The van der Waals surface area contributed by atoms with Crippen LogP contribution in [0, 0.1) is 0 Å². The van der Waals surface area contributed by atoms with E-state index in [1.54, 1.807) is 0 Å². The fraction of sp³-hybridized carbons (Fsp3) is 0.150. The number of benzene rings is 4. The van der Waals surface area contributed by atoms with Gasteiger partial charge in [-0.25, -0.2) is 0 Å². The first-order valence-electron chi connectivity index (χ1n) is 14.7. The van der Waals surface area contributed by atoms with Gasteiger partial charge in [-0.3, -0.25) is 0 Å². The van der Waals surface area contributed by atoms with Crippen molar-refractivity contribution in [2.75, 3.05) is 0 Å². The molecule has 0 bridgehead atoms. The van der Waals surface area contributed by atoms with Gasteiger partial charge in [-0.2, -0.15) is 0 Å². The summed E-state index contributed by atoms with van der Waals surface area (Å²) in [6.07, 6.45) is 4.36. The maximum atomic E-state index is 2.58. The minimum atomic E-state index is 0.213. The van der Waals surface area contributed by atoms with Crippen LogP contribution in [0.1, 0.15) is 67.5 Å². The highest BCUT2D eigenvalue weighted by Gasteiger charge is 2.33. The van der Waals surface area contributed by atoms with Gasteiger partial charge in [-0.1, -0.05) is 133 Å². The fourth-order valence-electron chi connectivity index (χ4n) is 7.57. The first-order chi connectivity index (χ1) is 19.9. The van der Waals surface area contributed by atoms with Gasteiger partial charge >= 0.3 is 0 Å². The average molecular weight is 513 g/mol. The van der Waals surface area contributed by atoms with Crippen molar-refractivity contribution >= 4 is 0 Å². The van der Waals surface area contributed by atoms with Crippen molar-refractivity contribution in [3.8, 4) is 11.1 Å². The van der Waals surface area contributed by atoms with E-state index in [-0.39, 0.29) is 11.8 Å². The van der Waals surface area contributed by atoms with Crippen molar-refractivity contribution in [3.05, 3.63) is 189 Å². The van der Waals surface area contributed by atoms with Gasteiger partial charge in [-0.05, 0) is 92.4 Å². The number of fused-ring (bicyclic) bond motifs is 5. The van der Waals surface area contributed by atoms with Crippen molar-refractivity contribution in [1.29, 1.82) is 0 Å². The second-order valence-electron chi connectivity index (χ2n) is 11.5. The molecule has 0 spiro atoms. The third kappa shape index (κ3) is 3.74. The van der Waals surface area contributed by atoms with Crippen LogP contribution in [0.15, 0.2) is 133 Å². The van der Waals surface area contributed by atoms with E-state index in [1.165, 1.54) is 66.8 Å². The monoisotopic (exact) mass is 512 g/mol. The van der Waals surface area contributed by atoms with Crippen LogP contribution in [0.25, 0.3) is 11.1 Å². The van der Waals surface area contributed by atoms with E-state index in [9.17, 15) is 0 Å². The van der Waals surface area contributed by atoms with Gasteiger partial charge in [0.25, 0.3) is 0 Å². The van der Waals surface area contributed by atoms with Gasteiger partial charge in [0, 0.05) is 11.8 Å². The Hall–Kier alpha value is -4.42. The number of hydrogen-bond acceptors (Lipinski definition) is 0. The molecule has 0 heterocycles. The summed E-state index contributed by atoms with van der Waals surface area (Å²) in [7, 11) is 0. The zero-order valence-corrected chi connectivity index (χ0v) is 22.7. The van der Waals surface area contributed by atoms with Crippen LogP contribution in [0.2, 0.25) is 0 Å². The van der Waals surface area contributed by atoms with Gasteiger partial charge < -0.3 is 0 Å². The molecule has 0 heteroatoms. The molecule has 0 fully saturated rings. The molecule has 0 aromatic heterocycles. The van der Waals surface area contributed by atoms with Crippen LogP contribution < -0.4 is 0 Å². The van der Waals surface area contributed by atoms with Crippen molar-refractivity contribution < 1.29 is 0 Å². The quantitative estimate of drug-likeness (QED) is 0.217. The highest BCUT2D eigenvalue weighted by molar-refractivity contribution is 5.80. The van der Waals surface area contributed by atoms with Crippen molar-refractivity contribution in [2.24, 2.45) is 0 Å². The molecule has 8 rings (SSSR count). The normalized spacial score (nSPS) is 14.9. The fourth-order valence-corrected chi connectivity index (χ4v) is 7.57. The van der Waals surface area contributed by atoms with E-state index in [2.05, 4.69) is 133 Å². The summed E-state index contributed by atoms with van der Waals surface area (Å²) in [6.45, 7) is 0. The predicted octanol–water partition coefficient (Wildman–Crippen LogP) is 9.35. The van der Waals surface area contributed by atoms with Crippen LogP contribution in [-0.2, 0) is 25.7 Å². The molecular weight excluding hydrogens is 480 g/mol. The maximum absolute atomic E-state index is 2.58. The molecule has 0 atom stereocenters. The molecule has 40 heavy (non-hydrogen) atoms. The summed E-state index contributed by atoms with van der Waals surface area (Å²) >= 11 is 0. The Labute approximate surface area is 237 Å². The maximum Gasteiger partial charge on any atom is 0.0351 e. The van der Waals surface area contributed by atoms with E-state index in [0.29, 0.717) is 0 Å². The first-order valence-corrected chi connectivity index (χ1v) is 14.7. The van der Waals surface area contributed by atoms with E-state index < -0.39 is 0 Å². The lowest BCUT2D eigenvalue weighted by molar-refractivity contribution is 0.955. The molecule has 0 saturated carbocycles. The molecule has 4 aliphatic carbocycles. The molecule has 0 aliphatic heterocycles. The Balaban J connectivity index is 1.44. The van der Waals surface area contributed by atoms with Crippen LogP contribution in [0.5, 0.6) is 0 Å². The molecule has 4 aliphatic rings. The van der Waals surface area contributed by atoms with Crippen LogP contribution in [0.4, 0.5) is 0 Å². The lowest BCUT2D eigenvalue weighted by atomic mass is 9.81. The van der Waals surface area contributed by atoms with E-state index >= 15 is 0 Å². The first kappa shape index (κ1) is 23.5. The Morgan fingerprint density at radius 1 is 0.300 bits per heavy atom. The van der Waals surface area contributed by atoms with Gasteiger partial charge in [0.2, 0.25) is 0 Å². The van der Waals surface area contributed by atoms with Crippen molar-refractivity contribution in [3.63, 3.8) is 0 Å². The second-order valence-corrected chi connectivity index (χ2v) is 11.5. The lowest BCUT2D eigenvalue weighted by Crippen LogP contribution is -2.06. The molecule has 192 valence electrons. The summed E-state index contributed by atoms with van der Waals surface area (Å²) in [5.74, 6) is 0.426. The molecule has 0 nitrogen and oxygen atoms in total. The Bertz CT molecular complexity index is 1600. The van der Waals surface area contributed by atoms with E-state index in [1.807, 2.05) is 0 Å². The molecule has 4 aromatic rings. The largest absolute Gasteiger partial charge is 0.0622 e. The third-order valence-corrected chi connectivity index (χ3v) is 9.38. The molecule has 0 unspecified atom stereocenters. The van der Waals surface area contributed by atoms with Crippen LogP contribution >= 0.6 is 0 Å². The Morgan fingerprint density at radius 2 is 0.600 bits per heavy atom. The highest BCUT2D eigenvalue weighted by atomic mass is 14.4. The lowest BCUT2D eigenvalue weighted by Gasteiger charge is -2.22. The zero-order valence-electron chi connectivity index (χ0n) is 22.7. The van der Waals surface area contributed by atoms with Gasteiger partial charge in [-0.15, -0.1) is 0 Å². The topological polar surface area (TPSA) is 0 Å². The number of rotatable bonds is 2. The minimum Gasteiger partial charge on any atom is -0.0622 e. The van der Waals surface area contributed by atoms with Gasteiger partial charge in [0.05, 0.1) is 0 Å². The molecule has 0 amide bonds. The molecule has 4 aromatic carbocycles. The smallest absolute Gasteiger partial charge is 0.0351 e. The summed E-state index contributed by atoms with van der Waals surface area (Å²) in [5, 5.41) is 0. The van der Waals surface area contributed by atoms with E-state index in [4.69, 9.17) is 0 Å². The van der Waals surface area contributed by atoms with E-state index in [0.717, 1.165) is 25.7 Å². The van der Waals surface area contributed by atoms with Crippen molar-refractivity contribution in [2.45, 2.75) is 37.5 Å². The predicted molar refractivity (Wildman–Crippen MR) is 166 cm³/mol. The summed E-state index contributed by atoms with van der Waals surface area (Å²) in [5.41, 5.74) is 17.3. The Morgan fingerprint density at radius 3 is 0.950 bits per heavy atom. The average Bonchev–Trinajstić information content (AvgIpc) is 3.20. The molecule has 0 saturated heterocycles. The summed E-state index contributed by atoms with van der Waals surface area (Å²) in [6, 6.07) is 50.5. The second kappa shape index (κ2) is 9.65. The van der Waals surface area contributed by atoms with Gasteiger partial charge in [0.1, 0.15) is 0 Å². The van der Waals surface area contributed by atoms with Crippen LogP contribution in [-0.4, -0.2) is 0 Å². The van der Waals surface area contributed by atoms with Crippen molar-refractivity contribution in [1.82, 2.24) is 0 Å². The zero-order chi connectivity index (χ0) is 26.5. The molecule has 0 radical (unpaired) electrons. The minimum absolute atomic E-state index is 0.213. The highest BCUT2D eigenvalue weighted by Crippen LogP contribution is 2.50. The molecular formula is C40H32. The summed E-state index contributed by atoms with van der Waals surface area (Å²) < 4.78 is 0. The standard InChI is InChI=1S/C40H32/c1-2-20-35-36(21-3-1)38(40-33-18-10-6-14-29(33)24-25-30-15-7-11-19-34(30)40)26-37(35)39-31-16-8-4-12-27(31)22-23-28-13-5-9-17-32(28)39/h1-21,26,39-40H,22-25H2. The number of hydrogen-bond donors (Lipinski definition) is 0. The Kier molecular flexibility index (Phi) is 5.66. The third-order valence-electron chi connectivity index (χ3n) is 9.38. The van der Waals surface area contributed by atoms with Crippen LogP contribution in [0.3, 0.4) is 0 Å². The SMILES string of the molecule is c1ccc2c(C3c4ccccc4CCc4ccccc43)cc(C3c4ccccc4CCc4ccccc43)c-2cc1. The summed E-state index contributed by atoms with van der Waals surface area (Å²) in [4.78, 5) is 0. The number of aryl methyl sites for hydroxylation is 4. The van der Waals surface area contributed by atoms with Gasteiger partial charge in [0.15, 0.2) is 0 Å². The molecule has 0 N–H and O–H groups in total.